The van der Waals surface area contributed by atoms with Gasteiger partial charge in [0.05, 0.1) is 11.8 Å². The highest BCUT2D eigenvalue weighted by Gasteiger charge is 2.15. The lowest BCUT2D eigenvalue weighted by molar-refractivity contribution is 0.582. The predicted molar refractivity (Wildman–Crippen MR) is 55.8 cm³/mol. The summed E-state index contributed by atoms with van der Waals surface area (Å²) in [6, 6.07) is 3.79. The first kappa shape index (κ1) is 10.7. The number of sulfone groups is 1. The molecule has 0 saturated carbocycles. The zero-order valence-corrected chi connectivity index (χ0v) is 9.28. The van der Waals surface area contributed by atoms with Gasteiger partial charge in [-0.25, -0.2) is 8.42 Å². The molecule has 1 heterocycles. The monoisotopic (exact) mass is 219 g/mol. The minimum atomic E-state index is -2.92. The van der Waals surface area contributed by atoms with Gasteiger partial charge in [0.1, 0.15) is 9.84 Å². The normalized spacial score (nSPS) is 14.3. The summed E-state index contributed by atoms with van der Waals surface area (Å²) in [4.78, 5) is 1.06. The molecule has 0 fully saturated rings. The molecule has 74 valence electrons. The average molecular weight is 219 g/mol. The Balaban J connectivity index is 2.76. The SMILES string of the molecule is CNC(CS(C)(=O)=O)c1cccs1. The van der Waals surface area contributed by atoms with Crippen LogP contribution in [0.15, 0.2) is 17.5 Å². The molecule has 0 radical (unpaired) electrons. The van der Waals surface area contributed by atoms with Crippen molar-refractivity contribution in [2.45, 2.75) is 6.04 Å². The van der Waals surface area contributed by atoms with E-state index >= 15 is 0 Å². The van der Waals surface area contributed by atoms with Crippen LogP contribution in [0.2, 0.25) is 0 Å². The average Bonchev–Trinajstić information content (AvgIpc) is 2.50. The molecular weight excluding hydrogens is 206 g/mol. The third-order valence-electron chi connectivity index (χ3n) is 1.70. The number of hydrogen-bond donors (Lipinski definition) is 1. The Bertz CT molecular complexity index is 342. The zero-order valence-electron chi connectivity index (χ0n) is 7.65. The summed E-state index contributed by atoms with van der Waals surface area (Å²) in [5.74, 6) is 0.157. The van der Waals surface area contributed by atoms with Crippen LogP contribution in [-0.2, 0) is 9.84 Å². The Morgan fingerprint density at radius 3 is 2.69 bits per heavy atom. The van der Waals surface area contributed by atoms with E-state index in [9.17, 15) is 8.42 Å². The standard InChI is InChI=1S/C8H13NO2S2/c1-9-7(6-13(2,10)11)8-4-3-5-12-8/h3-5,7,9H,6H2,1-2H3. The van der Waals surface area contributed by atoms with Crippen LogP contribution >= 0.6 is 11.3 Å². The van der Waals surface area contributed by atoms with Gasteiger partial charge in [0.2, 0.25) is 0 Å². The van der Waals surface area contributed by atoms with Crippen LogP contribution in [0.3, 0.4) is 0 Å². The van der Waals surface area contributed by atoms with E-state index in [1.807, 2.05) is 17.5 Å². The molecule has 0 aromatic carbocycles. The van der Waals surface area contributed by atoms with E-state index in [2.05, 4.69) is 5.32 Å². The van der Waals surface area contributed by atoms with Gasteiger partial charge in [-0.15, -0.1) is 11.3 Å². The Labute approximate surface area is 82.7 Å². The summed E-state index contributed by atoms with van der Waals surface area (Å²) in [6.45, 7) is 0. The second-order valence-corrected chi connectivity index (χ2v) is 6.11. The third kappa shape index (κ3) is 3.46. The fourth-order valence-electron chi connectivity index (χ4n) is 1.10. The van der Waals surface area contributed by atoms with Gasteiger partial charge in [-0.05, 0) is 18.5 Å². The fraction of sp³-hybridized carbons (Fsp3) is 0.500. The predicted octanol–water partition coefficient (Wildman–Crippen LogP) is 1.05. The van der Waals surface area contributed by atoms with Gasteiger partial charge >= 0.3 is 0 Å². The molecule has 5 heteroatoms. The lowest BCUT2D eigenvalue weighted by Crippen LogP contribution is -2.23. The summed E-state index contributed by atoms with van der Waals surface area (Å²) in [6.07, 6.45) is 1.25. The molecule has 1 aromatic rings. The number of rotatable bonds is 4. The molecule has 13 heavy (non-hydrogen) atoms. The number of thiophene rings is 1. The quantitative estimate of drug-likeness (QED) is 0.823. The smallest absolute Gasteiger partial charge is 0.149 e. The highest BCUT2D eigenvalue weighted by molar-refractivity contribution is 7.90. The van der Waals surface area contributed by atoms with E-state index in [-0.39, 0.29) is 11.8 Å². The minimum absolute atomic E-state index is 0.0741. The van der Waals surface area contributed by atoms with Crippen LogP contribution in [0.4, 0.5) is 0 Å². The highest BCUT2D eigenvalue weighted by Crippen LogP contribution is 2.19. The molecule has 0 aliphatic rings. The lowest BCUT2D eigenvalue weighted by atomic mass is 10.3. The van der Waals surface area contributed by atoms with Crippen LogP contribution in [-0.4, -0.2) is 27.5 Å². The van der Waals surface area contributed by atoms with Gasteiger partial charge in [-0.1, -0.05) is 6.07 Å². The maximum atomic E-state index is 11.1. The first-order valence-electron chi connectivity index (χ1n) is 3.91. The maximum Gasteiger partial charge on any atom is 0.149 e. The van der Waals surface area contributed by atoms with E-state index in [1.165, 1.54) is 6.26 Å². The minimum Gasteiger partial charge on any atom is -0.311 e. The van der Waals surface area contributed by atoms with Gasteiger partial charge in [-0.3, -0.25) is 0 Å². The van der Waals surface area contributed by atoms with Crippen molar-refractivity contribution in [1.29, 1.82) is 0 Å². The Hall–Kier alpha value is -0.390. The molecule has 1 N–H and O–H groups in total. The van der Waals surface area contributed by atoms with Gasteiger partial charge in [-0.2, -0.15) is 0 Å². The van der Waals surface area contributed by atoms with E-state index < -0.39 is 9.84 Å². The van der Waals surface area contributed by atoms with E-state index in [1.54, 1.807) is 18.4 Å². The van der Waals surface area contributed by atoms with Gasteiger partial charge in [0.15, 0.2) is 0 Å². The van der Waals surface area contributed by atoms with Crippen molar-refractivity contribution in [3.8, 4) is 0 Å². The Morgan fingerprint density at radius 2 is 2.31 bits per heavy atom. The summed E-state index contributed by atoms with van der Waals surface area (Å²) in [7, 11) is -1.14. The van der Waals surface area contributed by atoms with Crippen molar-refractivity contribution < 1.29 is 8.42 Å². The topological polar surface area (TPSA) is 46.2 Å². The molecular formula is C8H13NO2S2. The van der Waals surface area contributed by atoms with Crippen molar-refractivity contribution in [1.82, 2.24) is 5.32 Å². The van der Waals surface area contributed by atoms with Crippen molar-refractivity contribution >= 4 is 21.2 Å². The molecule has 0 saturated heterocycles. The Kier molecular flexibility index (Phi) is 3.47. The van der Waals surface area contributed by atoms with E-state index in [0.717, 1.165) is 4.88 Å². The van der Waals surface area contributed by atoms with Crippen LogP contribution in [0.5, 0.6) is 0 Å². The van der Waals surface area contributed by atoms with Crippen LogP contribution < -0.4 is 5.32 Å². The molecule has 0 bridgehead atoms. The van der Waals surface area contributed by atoms with Crippen LogP contribution in [0.25, 0.3) is 0 Å². The van der Waals surface area contributed by atoms with Gasteiger partial charge < -0.3 is 5.32 Å². The maximum absolute atomic E-state index is 11.1. The summed E-state index contributed by atoms with van der Waals surface area (Å²) < 4.78 is 22.1. The van der Waals surface area contributed by atoms with E-state index in [4.69, 9.17) is 0 Å². The molecule has 0 aliphatic heterocycles. The molecule has 3 nitrogen and oxygen atoms in total. The van der Waals surface area contributed by atoms with Crippen molar-refractivity contribution in [2.24, 2.45) is 0 Å². The summed E-state index contributed by atoms with van der Waals surface area (Å²) >= 11 is 1.57. The van der Waals surface area contributed by atoms with Crippen LogP contribution in [0.1, 0.15) is 10.9 Å². The molecule has 1 aromatic heterocycles. The van der Waals surface area contributed by atoms with Crippen molar-refractivity contribution in [3.05, 3.63) is 22.4 Å². The number of nitrogens with one attached hydrogen (secondary N) is 1. The summed E-state index contributed by atoms with van der Waals surface area (Å²) in [5.41, 5.74) is 0. The first-order chi connectivity index (χ1) is 6.03. The summed E-state index contributed by atoms with van der Waals surface area (Å²) in [5, 5.41) is 4.94. The Morgan fingerprint density at radius 1 is 1.62 bits per heavy atom. The largest absolute Gasteiger partial charge is 0.311 e. The second-order valence-electron chi connectivity index (χ2n) is 2.95. The van der Waals surface area contributed by atoms with E-state index in [0.29, 0.717) is 0 Å². The fourth-order valence-corrected chi connectivity index (χ4v) is 2.99. The zero-order chi connectivity index (χ0) is 9.90. The molecule has 0 spiro atoms. The highest BCUT2D eigenvalue weighted by atomic mass is 32.2. The van der Waals surface area contributed by atoms with Crippen molar-refractivity contribution in [3.63, 3.8) is 0 Å². The first-order valence-corrected chi connectivity index (χ1v) is 6.85. The third-order valence-corrected chi connectivity index (χ3v) is 3.63. The van der Waals surface area contributed by atoms with Crippen LogP contribution in [0, 0.1) is 0 Å². The molecule has 1 atom stereocenters. The molecule has 1 unspecified atom stereocenters. The van der Waals surface area contributed by atoms with Gasteiger partial charge in [0.25, 0.3) is 0 Å². The molecule has 0 aliphatic carbocycles. The second kappa shape index (κ2) is 4.21. The van der Waals surface area contributed by atoms with Crippen molar-refractivity contribution in [2.75, 3.05) is 19.1 Å². The van der Waals surface area contributed by atoms with Gasteiger partial charge in [0, 0.05) is 11.1 Å². The number of hydrogen-bond acceptors (Lipinski definition) is 4. The molecule has 0 amide bonds. The lowest BCUT2D eigenvalue weighted by Gasteiger charge is -2.12. The molecule has 1 rings (SSSR count).